The minimum atomic E-state index is -5.08. The Morgan fingerprint density at radius 2 is 2.07 bits per heavy atom. The number of carbonyl (C=O) groups is 1. The zero-order valence-electron chi connectivity index (χ0n) is 15.1. The summed E-state index contributed by atoms with van der Waals surface area (Å²) in [6.45, 7) is 3.01. The third-order valence-corrected chi connectivity index (χ3v) is 5.72. The lowest BCUT2D eigenvalue weighted by molar-refractivity contribution is -0.318. The van der Waals surface area contributed by atoms with Crippen molar-refractivity contribution in [3.63, 3.8) is 0 Å². The molecule has 1 heterocycles. The lowest BCUT2D eigenvalue weighted by Gasteiger charge is -2.39. The van der Waals surface area contributed by atoms with E-state index in [1.807, 2.05) is 0 Å². The summed E-state index contributed by atoms with van der Waals surface area (Å²) in [7, 11) is 0. The van der Waals surface area contributed by atoms with Crippen LogP contribution < -0.4 is 4.74 Å². The normalized spacial score (nSPS) is 28.6. The molecule has 154 valence electrons. The van der Waals surface area contributed by atoms with Crippen LogP contribution >= 0.6 is 23.2 Å². The smallest absolute Gasteiger partial charge is 0.439 e. The Kier molecular flexibility index (Phi) is 5.59. The molecule has 1 aliphatic carbocycles. The Morgan fingerprint density at radius 3 is 2.68 bits per heavy atom. The summed E-state index contributed by atoms with van der Waals surface area (Å²) in [6, 6.07) is 4.26. The van der Waals surface area contributed by atoms with Gasteiger partial charge in [-0.2, -0.15) is 23.3 Å². The van der Waals surface area contributed by atoms with Gasteiger partial charge in [-0.15, -0.1) is 0 Å². The molecular weight excluding hydrogens is 420 g/mol. The first kappa shape index (κ1) is 21.2. The number of amides is 1. The van der Waals surface area contributed by atoms with Gasteiger partial charge in [0.25, 0.3) is 11.6 Å². The number of benzene rings is 1. The van der Waals surface area contributed by atoms with Gasteiger partial charge in [0.05, 0.1) is 10.9 Å². The van der Waals surface area contributed by atoms with E-state index in [1.54, 1.807) is 6.92 Å². The molecule has 1 aromatic carbocycles. The summed E-state index contributed by atoms with van der Waals surface area (Å²) in [6.07, 6.45) is -5.18. The van der Waals surface area contributed by atoms with Crippen LogP contribution in [0.25, 0.3) is 0 Å². The fourth-order valence-corrected chi connectivity index (χ4v) is 4.15. The van der Waals surface area contributed by atoms with Crippen molar-refractivity contribution in [3.8, 4) is 5.75 Å². The molecule has 0 unspecified atom stereocenters. The predicted octanol–water partition coefficient (Wildman–Crippen LogP) is 4.65. The maximum absolute atomic E-state index is 13.9. The van der Waals surface area contributed by atoms with E-state index in [2.05, 4.69) is 5.10 Å². The largest absolute Gasteiger partial charge is 0.479 e. The summed E-state index contributed by atoms with van der Waals surface area (Å²) >= 11 is 11.8. The highest BCUT2D eigenvalue weighted by atomic mass is 35.5. The molecule has 5 nitrogen and oxygen atoms in total. The lowest BCUT2D eigenvalue weighted by atomic mass is 9.75. The predicted molar refractivity (Wildman–Crippen MR) is 98.3 cm³/mol. The van der Waals surface area contributed by atoms with Crippen LogP contribution in [-0.2, 0) is 4.79 Å². The molecule has 1 saturated carbocycles. The molecule has 10 heteroatoms. The van der Waals surface area contributed by atoms with Crippen molar-refractivity contribution in [2.75, 3.05) is 0 Å². The van der Waals surface area contributed by atoms with E-state index in [0.29, 0.717) is 17.9 Å². The first-order valence-corrected chi connectivity index (χ1v) is 9.55. The number of hydrazone groups is 1. The van der Waals surface area contributed by atoms with Crippen LogP contribution in [0.15, 0.2) is 23.3 Å². The van der Waals surface area contributed by atoms with Crippen LogP contribution in [0.3, 0.4) is 0 Å². The van der Waals surface area contributed by atoms with Crippen LogP contribution in [0.1, 0.15) is 33.1 Å². The fraction of sp³-hybridized carbons (Fsp3) is 0.556. The molecular formula is C18H19Cl2F3N2O3. The molecule has 0 radical (unpaired) electrons. The number of hydrogen-bond acceptors (Lipinski definition) is 4. The van der Waals surface area contributed by atoms with Crippen LogP contribution in [0.2, 0.25) is 10.0 Å². The molecule has 1 aromatic rings. The molecule has 3 rings (SSSR count). The molecule has 2 aliphatic rings. The van der Waals surface area contributed by atoms with Crippen LogP contribution in [0, 0.1) is 11.8 Å². The number of alkyl halides is 3. The van der Waals surface area contributed by atoms with Crippen LogP contribution in [-0.4, -0.2) is 39.7 Å². The molecule has 1 aliphatic heterocycles. The quantitative estimate of drug-likeness (QED) is 0.746. The Hall–Kier alpha value is -1.51. The molecule has 0 spiro atoms. The van der Waals surface area contributed by atoms with Gasteiger partial charge in [0.1, 0.15) is 5.75 Å². The fourth-order valence-electron chi connectivity index (χ4n) is 3.70. The molecule has 0 aromatic heterocycles. The zero-order valence-corrected chi connectivity index (χ0v) is 16.6. The van der Waals surface area contributed by atoms with Crippen molar-refractivity contribution >= 4 is 34.8 Å². The Labute approximate surface area is 170 Å². The van der Waals surface area contributed by atoms with Crippen LogP contribution in [0.4, 0.5) is 13.2 Å². The van der Waals surface area contributed by atoms with E-state index in [1.165, 1.54) is 25.1 Å². The van der Waals surface area contributed by atoms with Crippen molar-refractivity contribution in [2.24, 2.45) is 16.9 Å². The topological polar surface area (TPSA) is 62.1 Å². The van der Waals surface area contributed by atoms with Gasteiger partial charge in [0, 0.05) is 10.7 Å². The van der Waals surface area contributed by atoms with Crippen LogP contribution in [0.5, 0.6) is 5.75 Å². The molecule has 28 heavy (non-hydrogen) atoms. The molecule has 1 amide bonds. The van der Waals surface area contributed by atoms with E-state index < -0.39 is 29.8 Å². The number of halogens is 5. The van der Waals surface area contributed by atoms with E-state index in [-0.39, 0.29) is 33.8 Å². The van der Waals surface area contributed by atoms with Crippen molar-refractivity contribution in [1.82, 2.24) is 5.01 Å². The van der Waals surface area contributed by atoms with Gasteiger partial charge in [-0.3, -0.25) is 4.79 Å². The van der Waals surface area contributed by atoms with Gasteiger partial charge in [-0.05, 0) is 43.9 Å². The third kappa shape index (κ3) is 3.46. The number of carbonyl (C=O) groups excluding carboxylic acids is 1. The average molecular weight is 439 g/mol. The summed E-state index contributed by atoms with van der Waals surface area (Å²) in [4.78, 5) is 12.8. The number of aliphatic hydroxyl groups is 1. The number of nitrogens with zero attached hydrogens (tertiary/aromatic N) is 2. The second kappa shape index (κ2) is 7.39. The number of rotatable bonds is 3. The number of fused-ring (bicyclic) bond motifs is 1. The summed E-state index contributed by atoms with van der Waals surface area (Å²) in [5, 5.41) is 15.1. The van der Waals surface area contributed by atoms with Gasteiger partial charge in [-0.1, -0.05) is 36.5 Å². The third-order valence-electron chi connectivity index (χ3n) is 5.19. The van der Waals surface area contributed by atoms with Gasteiger partial charge < -0.3 is 9.84 Å². The molecule has 0 saturated heterocycles. The monoisotopic (exact) mass is 438 g/mol. The molecule has 4 atom stereocenters. The minimum absolute atomic E-state index is 0.0834. The van der Waals surface area contributed by atoms with Gasteiger partial charge in [0.15, 0.2) is 6.10 Å². The van der Waals surface area contributed by atoms with E-state index in [9.17, 15) is 23.1 Å². The number of ether oxygens (including phenoxy) is 1. The highest BCUT2D eigenvalue weighted by Crippen LogP contribution is 2.49. The maximum Gasteiger partial charge on any atom is 0.439 e. The van der Waals surface area contributed by atoms with E-state index in [0.717, 1.165) is 0 Å². The van der Waals surface area contributed by atoms with Gasteiger partial charge in [0.2, 0.25) is 0 Å². The van der Waals surface area contributed by atoms with Crippen molar-refractivity contribution in [1.29, 1.82) is 0 Å². The second-order valence-corrected chi connectivity index (χ2v) is 7.96. The highest BCUT2D eigenvalue weighted by molar-refractivity contribution is 6.35. The molecule has 0 bridgehead atoms. The Morgan fingerprint density at radius 1 is 1.39 bits per heavy atom. The number of hydrogen-bond donors (Lipinski definition) is 1. The Balaban J connectivity index is 1.91. The van der Waals surface area contributed by atoms with Crippen molar-refractivity contribution in [3.05, 3.63) is 28.2 Å². The highest BCUT2D eigenvalue weighted by Gasteiger charge is 2.69. The summed E-state index contributed by atoms with van der Waals surface area (Å²) < 4.78 is 47.0. The minimum Gasteiger partial charge on any atom is -0.479 e. The summed E-state index contributed by atoms with van der Waals surface area (Å²) in [5.74, 6) is -2.57. The first-order chi connectivity index (χ1) is 13.0. The molecule has 1 fully saturated rings. The van der Waals surface area contributed by atoms with E-state index >= 15 is 0 Å². The molecule has 1 N–H and O–H groups in total. The Bertz CT molecular complexity index is 818. The summed E-state index contributed by atoms with van der Waals surface area (Å²) in [5.41, 5.74) is -3.20. The van der Waals surface area contributed by atoms with Crippen molar-refractivity contribution < 1.29 is 27.8 Å². The maximum atomic E-state index is 13.9. The van der Waals surface area contributed by atoms with E-state index in [4.69, 9.17) is 27.9 Å². The average Bonchev–Trinajstić information content (AvgIpc) is 2.92. The lowest BCUT2D eigenvalue weighted by Crippen LogP contribution is -2.63. The van der Waals surface area contributed by atoms with Gasteiger partial charge in [-0.25, -0.2) is 0 Å². The van der Waals surface area contributed by atoms with Crippen molar-refractivity contribution in [2.45, 2.75) is 51.1 Å². The van der Waals surface area contributed by atoms with Gasteiger partial charge >= 0.3 is 6.18 Å². The SMILES string of the molecule is C[C@@H]1CCC[C@@H]2C1=NN(C(=O)[C@H](C)Oc1ccc(Cl)cc1Cl)[C@@]2(O)C(F)(F)F. The second-order valence-electron chi connectivity index (χ2n) is 7.12. The first-order valence-electron chi connectivity index (χ1n) is 8.80. The zero-order chi connectivity index (χ0) is 20.9. The standard InChI is InChI=1S/C18H19Cl2F3N2O3/c1-9-4-3-5-12-15(9)24-25(17(12,27)18(21,22)23)16(26)10(2)28-14-7-6-11(19)8-13(14)20/h6-10,12,27H,3-5H2,1-2H3/t9-,10+,12-,17+/m1/s1.